The molecule has 12 heteroatoms. The fourth-order valence-electron chi connectivity index (χ4n) is 1.06. The highest BCUT2D eigenvalue weighted by atomic mass is 31.2. The fourth-order valence-corrected chi connectivity index (χ4v) is 1.06. The van der Waals surface area contributed by atoms with Crippen LogP contribution in [0.2, 0.25) is 0 Å². The first-order chi connectivity index (χ1) is 8.86. The second-order valence-corrected chi connectivity index (χ2v) is 5.34. The van der Waals surface area contributed by atoms with Gasteiger partial charge in [0.2, 0.25) is 0 Å². The third kappa shape index (κ3) is 13.3. The summed E-state index contributed by atoms with van der Waals surface area (Å²) in [6.45, 7) is 0. The van der Waals surface area contributed by atoms with Crippen LogP contribution in [0.5, 0.6) is 5.75 Å². The van der Waals surface area contributed by atoms with Gasteiger partial charge in [0.05, 0.1) is 6.42 Å². The van der Waals surface area contributed by atoms with E-state index in [-0.39, 0.29) is 5.97 Å². The third-order valence-electron chi connectivity index (χ3n) is 1.53. The predicted octanol–water partition coefficient (Wildman–Crippen LogP) is -0.709. The van der Waals surface area contributed by atoms with E-state index in [1.54, 1.807) is 6.07 Å². The number of hydrogen-bond acceptors (Lipinski definition) is 4. The van der Waals surface area contributed by atoms with E-state index < -0.39 is 15.6 Å². The summed E-state index contributed by atoms with van der Waals surface area (Å²) < 4.78 is 22.6. The molecule has 0 saturated heterocycles. The van der Waals surface area contributed by atoms with Crippen molar-refractivity contribution < 1.29 is 48.0 Å². The van der Waals surface area contributed by atoms with E-state index in [0.717, 1.165) is 5.56 Å². The van der Waals surface area contributed by atoms with Crippen molar-refractivity contribution in [2.45, 2.75) is 6.42 Å². The molecule has 20 heavy (non-hydrogen) atoms. The normalized spacial score (nSPS) is 13.2. The zero-order valence-electron chi connectivity index (χ0n) is 9.73. The highest BCUT2D eigenvalue weighted by Crippen LogP contribution is 2.26. The average Bonchev–Trinajstić information content (AvgIpc) is 2.51. The number of rotatable bonds is 0. The smallest absolute Gasteiger partial charge is 0.426 e. The summed E-state index contributed by atoms with van der Waals surface area (Å²) in [7, 11) is -9.28. The lowest BCUT2D eigenvalue weighted by Crippen LogP contribution is -1.99. The fraction of sp³-hybridized carbons (Fsp3) is 0.125. The molecule has 1 aliphatic rings. The Labute approximate surface area is 112 Å². The first-order valence-electron chi connectivity index (χ1n) is 4.71. The molecule has 0 fully saturated rings. The van der Waals surface area contributed by atoms with Crippen LogP contribution in [0.3, 0.4) is 0 Å². The van der Waals surface area contributed by atoms with Crippen LogP contribution in [0.1, 0.15) is 5.56 Å². The van der Waals surface area contributed by atoms with Gasteiger partial charge in [0.1, 0.15) is 5.75 Å². The maximum Gasteiger partial charge on any atom is 0.466 e. The van der Waals surface area contributed by atoms with Crippen molar-refractivity contribution in [2.24, 2.45) is 0 Å². The molecule has 1 aliphatic heterocycles. The lowest BCUT2D eigenvalue weighted by Gasteiger charge is -1.91. The average molecular weight is 330 g/mol. The summed E-state index contributed by atoms with van der Waals surface area (Å²) in [4.78, 5) is 53.8. The largest absolute Gasteiger partial charge is 0.466 e. The Morgan fingerprint density at radius 1 is 0.900 bits per heavy atom. The van der Waals surface area contributed by atoms with Gasteiger partial charge in [-0.15, -0.1) is 0 Å². The molecule has 6 N–H and O–H groups in total. The molecule has 2 rings (SSSR count). The molecule has 1 heterocycles. The Morgan fingerprint density at radius 3 is 1.70 bits per heavy atom. The lowest BCUT2D eigenvalue weighted by atomic mass is 10.2. The predicted molar refractivity (Wildman–Crippen MR) is 64.3 cm³/mol. The molecule has 0 aliphatic carbocycles. The number of esters is 1. The van der Waals surface area contributed by atoms with E-state index in [1.807, 2.05) is 18.2 Å². The number of fused-ring (bicyclic) bond motifs is 1. The number of benzene rings is 1. The van der Waals surface area contributed by atoms with Crippen LogP contribution in [0.25, 0.3) is 0 Å². The van der Waals surface area contributed by atoms with Crippen molar-refractivity contribution in [3.8, 4) is 5.75 Å². The molecule has 114 valence electrons. The molecule has 0 saturated carbocycles. The van der Waals surface area contributed by atoms with Gasteiger partial charge in [0.15, 0.2) is 0 Å². The molecule has 1 aromatic carbocycles. The first kappa shape index (κ1) is 18.9. The molecule has 1 aromatic rings. The van der Waals surface area contributed by atoms with Crippen molar-refractivity contribution in [1.82, 2.24) is 0 Å². The zero-order chi connectivity index (χ0) is 16.0. The number of para-hydroxylation sites is 1. The Bertz CT molecular complexity index is 480. The summed E-state index contributed by atoms with van der Waals surface area (Å²) >= 11 is 0. The zero-order valence-corrected chi connectivity index (χ0v) is 11.5. The highest BCUT2D eigenvalue weighted by molar-refractivity contribution is 7.45. The van der Waals surface area contributed by atoms with Crippen LogP contribution < -0.4 is 4.74 Å². The summed E-state index contributed by atoms with van der Waals surface area (Å²) in [6.07, 6.45) is 0.427. The number of hydrogen-bond donors (Lipinski definition) is 6. The molecule has 0 bridgehead atoms. The number of ether oxygens (including phenoxy) is 1. The standard InChI is InChI=1S/C8H6O2.2H3O4P/c9-8-5-6-3-1-2-4-7(6)10-8;2*1-5(2,3)4/h1-4H,5H2;2*(H3,1,2,3,4). The van der Waals surface area contributed by atoms with E-state index in [2.05, 4.69) is 0 Å². The van der Waals surface area contributed by atoms with Gasteiger partial charge in [-0.3, -0.25) is 4.79 Å². The van der Waals surface area contributed by atoms with Gasteiger partial charge in [0.25, 0.3) is 0 Å². The van der Waals surface area contributed by atoms with E-state index in [9.17, 15) is 4.79 Å². The van der Waals surface area contributed by atoms with Crippen molar-refractivity contribution >= 4 is 21.6 Å². The van der Waals surface area contributed by atoms with Crippen LogP contribution in [-0.4, -0.2) is 35.3 Å². The SMILES string of the molecule is O=C1Cc2ccccc2O1.O=P(O)(O)O.O=P(O)(O)O. The van der Waals surface area contributed by atoms with E-state index in [4.69, 9.17) is 43.2 Å². The van der Waals surface area contributed by atoms with Crippen LogP contribution >= 0.6 is 15.6 Å². The summed E-state index contributed by atoms with van der Waals surface area (Å²) in [5.41, 5.74) is 0.993. The summed E-state index contributed by atoms with van der Waals surface area (Å²) in [5.74, 6) is 0.564. The van der Waals surface area contributed by atoms with Crippen molar-refractivity contribution in [3.05, 3.63) is 29.8 Å². The van der Waals surface area contributed by atoms with Crippen molar-refractivity contribution in [2.75, 3.05) is 0 Å². The van der Waals surface area contributed by atoms with Crippen LogP contribution in [0.4, 0.5) is 0 Å². The third-order valence-corrected chi connectivity index (χ3v) is 1.53. The highest BCUT2D eigenvalue weighted by Gasteiger charge is 2.18. The van der Waals surface area contributed by atoms with E-state index in [0.29, 0.717) is 12.2 Å². The van der Waals surface area contributed by atoms with Crippen LogP contribution in [0.15, 0.2) is 24.3 Å². The van der Waals surface area contributed by atoms with Gasteiger partial charge in [-0.1, -0.05) is 18.2 Å². The molecule has 10 nitrogen and oxygen atoms in total. The van der Waals surface area contributed by atoms with Gasteiger partial charge < -0.3 is 34.1 Å². The van der Waals surface area contributed by atoms with Crippen molar-refractivity contribution in [1.29, 1.82) is 0 Å². The number of phosphoric acid groups is 2. The van der Waals surface area contributed by atoms with Crippen LogP contribution in [-0.2, 0) is 20.3 Å². The number of carbonyl (C=O) groups excluding carboxylic acids is 1. The van der Waals surface area contributed by atoms with E-state index in [1.165, 1.54) is 0 Å². The summed E-state index contributed by atoms with van der Waals surface area (Å²) in [6, 6.07) is 7.47. The monoisotopic (exact) mass is 330 g/mol. The van der Waals surface area contributed by atoms with E-state index >= 15 is 0 Å². The van der Waals surface area contributed by atoms with Crippen LogP contribution in [0, 0.1) is 0 Å². The van der Waals surface area contributed by atoms with Gasteiger partial charge in [0, 0.05) is 5.56 Å². The molecule has 0 amide bonds. The second kappa shape index (κ2) is 7.63. The Balaban J connectivity index is 0.000000310. The second-order valence-electron chi connectivity index (χ2n) is 3.29. The van der Waals surface area contributed by atoms with Gasteiger partial charge in [-0.05, 0) is 6.07 Å². The van der Waals surface area contributed by atoms with Crippen molar-refractivity contribution in [3.63, 3.8) is 0 Å². The topological polar surface area (TPSA) is 182 Å². The number of carbonyl (C=O) groups is 1. The molecule has 0 unspecified atom stereocenters. The van der Waals surface area contributed by atoms with Gasteiger partial charge in [-0.2, -0.15) is 0 Å². The molecule has 0 atom stereocenters. The lowest BCUT2D eigenvalue weighted by molar-refractivity contribution is -0.131. The quantitative estimate of drug-likeness (QED) is 0.202. The van der Waals surface area contributed by atoms with Gasteiger partial charge >= 0.3 is 21.6 Å². The summed E-state index contributed by atoms with van der Waals surface area (Å²) in [5, 5.41) is 0. The minimum Gasteiger partial charge on any atom is -0.426 e. The Hall–Kier alpha value is -1.09. The Morgan fingerprint density at radius 2 is 1.30 bits per heavy atom. The maximum atomic E-state index is 10.7. The molecule has 0 spiro atoms. The minimum absolute atomic E-state index is 0.152. The molecule has 0 radical (unpaired) electrons. The molecular formula is C8H12O10P2. The molecular weight excluding hydrogens is 318 g/mol. The van der Waals surface area contributed by atoms with Gasteiger partial charge in [-0.25, -0.2) is 9.13 Å². The maximum absolute atomic E-state index is 10.7. The minimum atomic E-state index is -4.64. The Kier molecular flexibility index (Phi) is 7.21. The molecule has 0 aromatic heterocycles. The first-order valence-corrected chi connectivity index (χ1v) is 7.84.